The number of hydrogen-bond acceptors (Lipinski definition) is 6. The Bertz CT molecular complexity index is 843. The van der Waals surface area contributed by atoms with Crippen molar-refractivity contribution in [3.63, 3.8) is 0 Å². The highest BCUT2D eigenvalue weighted by Crippen LogP contribution is 2.29. The lowest BCUT2D eigenvalue weighted by atomic mass is 10.0. The molecule has 1 N–H and O–H groups in total. The highest BCUT2D eigenvalue weighted by atomic mass is 35.5. The first-order valence-electron chi connectivity index (χ1n) is 8.39. The van der Waals surface area contributed by atoms with Gasteiger partial charge in [-0.1, -0.05) is 66.3 Å². The number of nitrogens with one attached hydrogen (secondary N) is 1. The molecule has 0 radical (unpaired) electrons. The number of H-pyrrole nitrogens is 1. The van der Waals surface area contributed by atoms with E-state index in [-0.39, 0.29) is 0 Å². The molecule has 0 amide bonds. The van der Waals surface area contributed by atoms with Crippen LogP contribution in [-0.2, 0) is 12.2 Å². The maximum Gasteiger partial charge on any atom is 0.259 e. The molecule has 4 rings (SSSR count). The van der Waals surface area contributed by atoms with E-state index in [9.17, 15) is 0 Å². The summed E-state index contributed by atoms with van der Waals surface area (Å²) in [7, 11) is 0. The van der Waals surface area contributed by atoms with Gasteiger partial charge in [0.1, 0.15) is 5.82 Å². The predicted molar refractivity (Wildman–Crippen MR) is 96.3 cm³/mol. The SMILES string of the molecule is Clc1ccccc1-c1nc(CSc2n[nH]c(CC3CCCC3)n2)no1. The monoisotopic (exact) mass is 375 g/mol. The minimum Gasteiger partial charge on any atom is -0.334 e. The van der Waals surface area contributed by atoms with Crippen LogP contribution in [0.4, 0.5) is 0 Å². The molecule has 0 spiro atoms. The van der Waals surface area contributed by atoms with Gasteiger partial charge in [0.2, 0.25) is 5.16 Å². The van der Waals surface area contributed by atoms with Crippen molar-refractivity contribution in [2.45, 2.75) is 43.0 Å². The third-order valence-corrected chi connectivity index (χ3v) is 5.54. The van der Waals surface area contributed by atoms with Crippen LogP contribution in [0.2, 0.25) is 5.02 Å². The summed E-state index contributed by atoms with van der Waals surface area (Å²) in [5, 5.41) is 12.6. The Hall–Kier alpha value is -1.86. The molecule has 0 saturated heterocycles. The average molecular weight is 376 g/mol. The minimum absolute atomic E-state index is 0.429. The largest absolute Gasteiger partial charge is 0.334 e. The fourth-order valence-corrected chi connectivity index (χ4v) is 3.98. The van der Waals surface area contributed by atoms with Crippen LogP contribution in [0.1, 0.15) is 37.3 Å². The Kier molecular flexibility index (Phi) is 5.03. The summed E-state index contributed by atoms with van der Waals surface area (Å²) in [4.78, 5) is 8.95. The summed E-state index contributed by atoms with van der Waals surface area (Å²) >= 11 is 7.65. The summed E-state index contributed by atoms with van der Waals surface area (Å²) in [5.74, 6) is 3.30. The Morgan fingerprint density at radius 2 is 2.04 bits per heavy atom. The second kappa shape index (κ2) is 7.58. The van der Waals surface area contributed by atoms with Gasteiger partial charge in [-0.3, -0.25) is 5.10 Å². The lowest BCUT2D eigenvalue weighted by Crippen LogP contribution is -2.00. The van der Waals surface area contributed by atoms with Crippen molar-refractivity contribution < 1.29 is 4.52 Å². The number of benzene rings is 1. The van der Waals surface area contributed by atoms with Crippen molar-refractivity contribution >= 4 is 23.4 Å². The molecule has 2 heterocycles. The Balaban J connectivity index is 1.36. The van der Waals surface area contributed by atoms with Gasteiger partial charge in [0.25, 0.3) is 5.89 Å². The van der Waals surface area contributed by atoms with Crippen molar-refractivity contribution in [3.05, 3.63) is 40.9 Å². The number of hydrogen-bond donors (Lipinski definition) is 1. The summed E-state index contributed by atoms with van der Waals surface area (Å²) < 4.78 is 5.31. The summed E-state index contributed by atoms with van der Waals surface area (Å²) in [6, 6.07) is 7.41. The number of halogens is 1. The maximum atomic E-state index is 6.16. The average Bonchev–Trinajstić information content (AvgIpc) is 3.36. The highest BCUT2D eigenvalue weighted by molar-refractivity contribution is 7.98. The number of aromatic nitrogens is 5. The molecular formula is C17H18ClN5OS. The lowest BCUT2D eigenvalue weighted by Gasteiger charge is -2.03. The molecule has 1 fully saturated rings. The third kappa shape index (κ3) is 4.04. The fourth-order valence-electron chi connectivity index (χ4n) is 3.11. The first-order chi connectivity index (χ1) is 12.3. The summed E-state index contributed by atoms with van der Waals surface area (Å²) in [6.07, 6.45) is 6.28. The highest BCUT2D eigenvalue weighted by Gasteiger charge is 2.18. The van der Waals surface area contributed by atoms with Crippen LogP contribution in [-0.4, -0.2) is 25.3 Å². The first-order valence-corrected chi connectivity index (χ1v) is 9.76. The standard InChI is InChI=1S/C17H18ClN5OS/c18-13-8-4-3-7-12(13)16-19-15(23-24-16)10-25-17-20-14(21-22-17)9-11-5-1-2-6-11/h3-4,7-8,11H,1-2,5-6,9-10H2,(H,20,21,22). The van der Waals surface area contributed by atoms with E-state index < -0.39 is 0 Å². The molecule has 6 nitrogen and oxygen atoms in total. The van der Waals surface area contributed by atoms with E-state index >= 15 is 0 Å². The molecule has 1 aromatic carbocycles. The summed E-state index contributed by atoms with van der Waals surface area (Å²) in [6.45, 7) is 0. The molecule has 0 unspecified atom stereocenters. The second-order valence-corrected chi connectivity index (χ2v) is 7.55. The zero-order valence-corrected chi connectivity index (χ0v) is 15.2. The van der Waals surface area contributed by atoms with Crippen molar-refractivity contribution in [3.8, 4) is 11.5 Å². The van der Waals surface area contributed by atoms with E-state index in [2.05, 4.69) is 25.3 Å². The summed E-state index contributed by atoms with van der Waals surface area (Å²) in [5.41, 5.74) is 0.740. The quantitative estimate of drug-likeness (QED) is 0.637. The van der Waals surface area contributed by atoms with Gasteiger partial charge in [0.05, 0.1) is 16.3 Å². The van der Waals surface area contributed by atoms with Crippen LogP contribution in [0.3, 0.4) is 0 Å². The normalized spacial score (nSPS) is 15.1. The molecular weight excluding hydrogens is 358 g/mol. The van der Waals surface area contributed by atoms with Crippen LogP contribution < -0.4 is 0 Å². The number of nitrogens with zero attached hydrogens (tertiary/aromatic N) is 4. The van der Waals surface area contributed by atoms with Gasteiger partial charge in [-0.25, -0.2) is 4.98 Å². The van der Waals surface area contributed by atoms with Gasteiger partial charge < -0.3 is 4.52 Å². The van der Waals surface area contributed by atoms with E-state index in [1.165, 1.54) is 37.4 Å². The lowest BCUT2D eigenvalue weighted by molar-refractivity contribution is 0.425. The van der Waals surface area contributed by atoms with Crippen LogP contribution >= 0.6 is 23.4 Å². The molecule has 8 heteroatoms. The predicted octanol–water partition coefficient (Wildman–Crippen LogP) is 4.53. The van der Waals surface area contributed by atoms with Crippen LogP contribution in [0.25, 0.3) is 11.5 Å². The molecule has 1 aliphatic carbocycles. The van der Waals surface area contributed by atoms with Crippen molar-refractivity contribution in [2.75, 3.05) is 0 Å². The van der Waals surface area contributed by atoms with E-state index in [4.69, 9.17) is 16.1 Å². The zero-order valence-electron chi connectivity index (χ0n) is 13.6. The Morgan fingerprint density at radius 1 is 1.20 bits per heavy atom. The molecule has 3 aromatic rings. The van der Waals surface area contributed by atoms with E-state index in [0.29, 0.717) is 22.5 Å². The molecule has 130 valence electrons. The van der Waals surface area contributed by atoms with Crippen LogP contribution in [0.5, 0.6) is 0 Å². The van der Waals surface area contributed by atoms with Crippen molar-refractivity contribution in [2.24, 2.45) is 5.92 Å². The number of aromatic amines is 1. The first kappa shape index (κ1) is 16.6. The number of rotatable bonds is 6. The zero-order chi connectivity index (χ0) is 17.1. The topological polar surface area (TPSA) is 80.5 Å². The minimum atomic E-state index is 0.429. The fraction of sp³-hybridized carbons (Fsp3) is 0.412. The van der Waals surface area contributed by atoms with Gasteiger partial charge in [-0.2, -0.15) is 4.98 Å². The molecule has 0 bridgehead atoms. The van der Waals surface area contributed by atoms with Gasteiger partial charge in [-0.15, -0.1) is 5.10 Å². The Labute approximate surface area is 154 Å². The maximum absolute atomic E-state index is 6.16. The van der Waals surface area contributed by atoms with Crippen molar-refractivity contribution in [1.29, 1.82) is 0 Å². The molecule has 25 heavy (non-hydrogen) atoms. The third-order valence-electron chi connectivity index (χ3n) is 4.37. The van der Waals surface area contributed by atoms with Crippen LogP contribution in [0.15, 0.2) is 33.9 Å². The van der Waals surface area contributed by atoms with Crippen LogP contribution in [0, 0.1) is 5.92 Å². The number of thioether (sulfide) groups is 1. The molecule has 2 aromatic heterocycles. The van der Waals surface area contributed by atoms with Gasteiger partial charge in [0.15, 0.2) is 5.82 Å². The van der Waals surface area contributed by atoms with E-state index in [1.54, 1.807) is 6.07 Å². The second-order valence-electron chi connectivity index (χ2n) is 6.20. The van der Waals surface area contributed by atoms with E-state index in [0.717, 1.165) is 28.9 Å². The molecule has 1 saturated carbocycles. The Morgan fingerprint density at radius 3 is 2.88 bits per heavy atom. The molecule has 0 atom stereocenters. The van der Waals surface area contributed by atoms with Gasteiger partial charge >= 0.3 is 0 Å². The van der Waals surface area contributed by atoms with Crippen molar-refractivity contribution in [1.82, 2.24) is 25.3 Å². The van der Waals surface area contributed by atoms with Gasteiger partial charge in [0, 0.05) is 6.42 Å². The smallest absolute Gasteiger partial charge is 0.259 e. The van der Waals surface area contributed by atoms with Gasteiger partial charge in [-0.05, 0) is 18.1 Å². The molecule has 1 aliphatic rings. The van der Waals surface area contributed by atoms with E-state index in [1.807, 2.05) is 18.2 Å². The molecule has 0 aliphatic heterocycles.